The van der Waals surface area contributed by atoms with E-state index < -0.39 is 0 Å². The molecule has 0 amide bonds. The number of esters is 1. The molecule has 0 atom stereocenters. The maximum Gasteiger partial charge on any atom is 0.307 e. The van der Waals surface area contributed by atoms with E-state index in [1.54, 1.807) is 25.1 Å². The second-order valence-electron chi connectivity index (χ2n) is 6.82. The molecular formula is C23H25FN4O3. The molecule has 8 heteroatoms. The van der Waals surface area contributed by atoms with Crippen molar-refractivity contribution < 1.29 is 18.4 Å². The lowest BCUT2D eigenvalue weighted by Crippen LogP contribution is -2.33. The zero-order valence-electron chi connectivity index (χ0n) is 17.3. The number of guanidine groups is 1. The van der Waals surface area contributed by atoms with Crippen molar-refractivity contribution in [3.8, 4) is 11.1 Å². The Morgan fingerprint density at radius 2 is 2.00 bits per heavy atom. The summed E-state index contributed by atoms with van der Waals surface area (Å²) in [7, 11) is 0. The summed E-state index contributed by atoms with van der Waals surface area (Å²) in [4.78, 5) is 15.4. The van der Waals surface area contributed by atoms with Crippen LogP contribution in [-0.2, 0) is 22.4 Å². The van der Waals surface area contributed by atoms with Crippen molar-refractivity contribution in [3.05, 3.63) is 71.7 Å². The van der Waals surface area contributed by atoms with Gasteiger partial charge in [-0.15, -0.1) is 0 Å². The summed E-state index contributed by atoms with van der Waals surface area (Å²) in [5.41, 5.74) is 8.75. The summed E-state index contributed by atoms with van der Waals surface area (Å²) in [6.07, 6.45) is 1.36. The van der Waals surface area contributed by atoms with E-state index in [1.165, 1.54) is 0 Å². The first kappa shape index (κ1) is 22.0. The largest absolute Gasteiger partial charge is 0.466 e. The Morgan fingerprint density at radius 1 is 1.19 bits per heavy atom. The zero-order valence-corrected chi connectivity index (χ0v) is 17.3. The van der Waals surface area contributed by atoms with Crippen LogP contribution in [0.15, 0.2) is 64.1 Å². The molecule has 31 heavy (non-hydrogen) atoms. The van der Waals surface area contributed by atoms with E-state index in [9.17, 15) is 9.18 Å². The van der Waals surface area contributed by atoms with E-state index in [-0.39, 0.29) is 30.1 Å². The topological polar surface area (TPSA) is 103 Å². The number of aliphatic imine (C=N–C) groups is 1. The van der Waals surface area contributed by atoms with E-state index in [1.807, 2.05) is 36.4 Å². The number of halogens is 1. The number of nitrogens with one attached hydrogen (secondary N) is 1. The maximum absolute atomic E-state index is 14.5. The molecule has 0 aliphatic heterocycles. The minimum Gasteiger partial charge on any atom is -0.466 e. The van der Waals surface area contributed by atoms with Crippen LogP contribution in [0.5, 0.6) is 0 Å². The lowest BCUT2D eigenvalue weighted by molar-refractivity contribution is -0.142. The quantitative estimate of drug-likeness (QED) is 0.308. The second-order valence-corrected chi connectivity index (χ2v) is 6.82. The molecule has 1 heterocycles. The number of hydrogen-bond acceptors (Lipinski definition) is 5. The lowest BCUT2D eigenvalue weighted by Gasteiger charge is -2.06. The number of ether oxygens (including phenoxy) is 1. The minimum absolute atomic E-state index is 0.116. The summed E-state index contributed by atoms with van der Waals surface area (Å²) >= 11 is 0. The van der Waals surface area contributed by atoms with Crippen LogP contribution in [0, 0.1) is 5.82 Å². The summed E-state index contributed by atoms with van der Waals surface area (Å²) in [6, 6.07) is 16.4. The van der Waals surface area contributed by atoms with Gasteiger partial charge in [0.15, 0.2) is 5.96 Å². The van der Waals surface area contributed by atoms with Crippen molar-refractivity contribution in [1.29, 1.82) is 0 Å². The third kappa shape index (κ3) is 6.67. The van der Waals surface area contributed by atoms with Crippen LogP contribution in [0.3, 0.4) is 0 Å². The highest BCUT2D eigenvalue weighted by molar-refractivity contribution is 5.80. The first-order chi connectivity index (χ1) is 15.0. The Bertz CT molecular complexity index is 1030. The van der Waals surface area contributed by atoms with Gasteiger partial charge in [0.2, 0.25) is 0 Å². The fourth-order valence-corrected chi connectivity index (χ4v) is 2.99. The molecule has 3 aromatic rings. The van der Waals surface area contributed by atoms with Gasteiger partial charge in [0, 0.05) is 18.2 Å². The van der Waals surface area contributed by atoms with Crippen LogP contribution in [0.25, 0.3) is 11.1 Å². The standard InChI is InChI=1S/C23H25FN4O3/c1-2-30-22(29)12-13-26-23(25)27-21-15-18(28-31-21)10-8-16-9-11-19(20(24)14-16)17-6-4-3-5-7-17/h3-7,9,11,14-15H,2,8,10,12-13H2,1H3,(H3,25,26,27). The predicted octanol–water partition coefficient (Wildman–Crippen LogP) is 3.75. The Hall–Kier alpha value is -3.68. The number of benzene rings is 2. The third-order valence-corrected chi connectivity index (χ3v) is 4.51. The molecule has 0 bridgehead atoms. The predicted molar refractivity (Wildman–Crippen MR) is 116 cm³/mol. The van der Waals surface area contributed by atoms with Crippen LogP contribution in [0.1, 0.15) is 24.6 Å². The van der Waals surface area contributed by atoms with E-state index >= 15 is 0 Å². The van der Waals surface area contributed by atoms with Gasteiger partial charge in [-0.25, -0.2) is 4.39 Å². The fourth-order valence-electron chi connectivity index (χ4n) is 2.99. The van der Waals surface area contributed by atoms with Crippen molar-refractivity contribution in [2.24, 2.45) is 10.7 Å². The van der Waals surface area contributed by atoms with Crippen LogP contribution in [-0.4, -0.2) is 30.2 Å². The minimum atomic E-state index is -0.307. The van der Waals surface area contributed by atoms with Crippen molar-refractivity contribution in [3.63, 3.8) is 0 Å². The molecule has 2 aromatic carbocycles. The maximum atomic E-state index is 14.5. The van der Waals surface area contributed by atoms with Crippen LogP contribution in [0.2, 0.25) is 0 Å². The van der Waals surface area contributed by atoms with E-state index in [0.29, 0.717) is 37.3 Å². The molecule has 1 aromatic heterocycles. The Morgan fingerprint density at radius 3 is 2.74 bits per heavy atom. The molecule has 0 fully saturated rings. The number of aryl methyl sites for hydroxylation is 2. The summed E-state index contributed by atoms with van der Waals surface area (Å²) in [6.45, 7) is 2.39. The van der Waals surface area contributed by atoms with E-state index in [4.69, 9.17) is 15.0 Å². The molecule has 0 unspecified atom stereocenters. The van der Waals surface area contributed by atoms with Crippen molar-refractivity contribution in [1.82, 2.24) is 10.5 Å². The Kier molecular flexibility index (Phi) is 7.75. The van der Waals surface area contributed by atoms with Crippen LogP contribution < -0.4 is 11.1 Å². The van der Waals surface area contributed by atoms with Gasteiger partial charge < -0.3 is 20.3 Å². The fraction of sp³-hybridized carbons (Fsp3) is 0.261. The molecule has 0 aliphatic rings. The molecule has 0 radical (unpaired) electrons. The summed E-state index contributed by atoms with van der Waals surface area (Å²) < 4.78 is 24.5. The highest BCUT2D eigenvalue weighted by atomic mass is 19.1. The van der Waals surface area contributed by atoms with Gasteiger partial charge >= 0.3 is 5.97 Å². The Balaban J connectivity index is 1.52. The number of carbonyl (C=O) groups excluding carboxylic acids is 1. The number of nitrogens with zero attached hydrogens (tertiary/aromatic N) is 2. The van der Waals surface area contributed by atoms with Gasteiger partial charge in [-0.1, -0.05) is 47.6 Å². The molecule has 0 aliphatic carbocycles. The number of aromatic nitrogens is 1. The van der Waals surface area contributed by atoms with Crippen LogP contribution >= 0.6 is 0 Å². The highest BCUT2D eigenvalue weighted by Gasteiger charge is 2.09. The van der Waals surface area contributed by atoms with Crippen molar-refractivity contribution >= 4 is 17.8 Å². The molecule has 0 spiro atoms. The van der Waals surface area contributed by atoms with Gasteiger partial charge in [-0.3, -0.25) is 4.79 Å². The van der Waals surface area contributed by atoms with E-state index in [0.717, 1.165) is 11.1 Å². The summed E-state index contributed by atoms with van der Waals surface area (Å²) in [5.74, 6) is -0.193. The zero-order chi connectivity index (χ0) is 22.1. The van der Waals surface area contributed by atoms with Gasteiger partial charge in [0.05, 0.1) is 18.7 Å². The summed E-state index contributed by atoms with van der Waals surface area (Å²) in [5, 5.41) is 6.78. The van der Waals surface area contributed by atoms with Crippen molar-refractivity contribution in [2.45, 2.75) is 26.2 Å². The molecule has 3 N–H and O–H groups in total. The first-order valence-electron chi connectivity index (χ1n) is 10.1. The smallest absolute Gasteiger partial charge is 0.307 e. The first-order valence-corrected chi connectivity index (χ1v) is 10.1. The molecular weight excluding hydrogens is 399 g/mol. The number of hydrogen-bond donors (Lipinski definition) is 2. The normalized spacial score (nSPS) is 11.4. The average molecular weight is 424 g/mol. The van der Waals surface area contributed by atoms with Crippen LogP contribution in [0.4, 0.5) is 10.3 Å². The number of nitrogens with two attached hydrogens (primary N) is 1. The molecule has 3 rings (SSSR count). The second kappa shape index (κ2) is 10.9. The van der Waals surface area contributed by atoms with Crippen molar-refractivity contribution in [2.75, 3.05) is 13.2 Å². The molecule has 7 nitrogen and oxygen atoms in total. The molecule has 0 saturated carbocycles. The van der Waals surface area contributed by atoms with Gasteiger partial charge in [-0.2, -0.15) is 4.99 Å². The molecule has 162 valence electrons. The van der Waals surface area contributed by atoms with Gasteiger partial charge in [0.25, 0.3) is 5.88 Å². The average Bonchev–Trinajstić information content (AvgIpc) is 3.20. The lowest BCUT2D eigenvalue weighted by atomic mass is 10.0. The highest BCUT2D eigenvalue weighted by Crippen LogP contribution is 2.24. The monoisotopic (exact) mass is 424 g/mol. The van der Waals surface area contributed by atoms with E-state index in [2.05, 4.69) is 15.5 Å². The van der Waals surface area contributed by atoms with Gasteiger partial charge in [-0.05, 0) is 37.0 Å². The SMILES string of the molecule is CCOC(=O)CCNC(N)=Nc1cc(CCc2ccc(-c3ccccc3)c(F)c2)no1. The van der Waals surface area contributed by atoms with Gasteiger partial charge in [0.1, 0.15) is 5.82 Å². The number of rotatable bonds is 9. The number of carbonyl (C=O) groups is 1. The third-order valence-electron chi connectivity index (χ3n) is 4.51. The Labute approximate surface area is 180 Å². The molecule has 0 saturated heterocycles.